The fourth-order valence-electron chi connectivity index (χ4n) is 5.13. The van der Waals surface area contributed by atoms with Crippen LogP contribution in [0.1, 0.15) is 25.7 Å². The number of pyridine rings is 1. The van der Waals surface area contributed by atoms with Crippen molar-refractivity contribution in [2.75, 3.05) is 26.8 Å². The first-order chi connectivity index (χ1) is 22.4. The molecular formula is C31H33BrN4O10S. The number of halogens is 1. The van der Waals surface area contributed by atoms with Crippen molar-refractivity contribution in [3.05, 3.63) is 82.0 Å². The van der Waals surface area contributed by atoms with Crippen LogP contribution in [0.25, 0.3) is 10.8 Å². The monoisotopic (exact) mass is 732 g/mol. The molecular weight excluding hydrogens is 700 g/mol. The lowest BCUT2D eigenvalue weighted by Crippen LogP contribution is -2.47. The molecule has 1 saturated heterocycles. The predicted octanol–water partition coefficient (Wildman–Crippen LogP) is 3.92. The van der Waals surface area contributed by atoms with Gasteiger partial charge in [-0.25, -0.2) is 22.9 Å². The molecule has 3 aromatic rings. The zero-order valence-electron chi connectivity index (χ0n) is 25.4. The number of hydrogen-bond acceptors (Lipinski definition) is 11. The Balaban J connectivity index is 1.59. The van der Waals surface area contributed by atoms with Crippen LogP contribution in [-0.2, 0) is 33.9 Å². The summed E-state index contributed by atoms with van der Waals surface area (Å²) in [7, 11) is -3.34. The van der Waals surface area contributed by atoms with E-state index in [1.54, 1.807) is 12.3 Å². The van der Waals surface area contributed by atoms with Crippen LogP contribution in [0.3, 0.4) is 0 Å². The van der Waals surface area contributed by atoms with Gasteiger partial charge in [0.05, 0.1) is 37.5 Å². The number of methoxy groups -OCH3 is 1. The van der Waals surface area contributed by atoms with Crippen molar-refractivity contribution >= 4 is 60.3 Å². The quantitative estimate of drug-likeness (QED) is 0.0785. The molecule has 0 bridgehead atoms. The van der Waals surface area contributed by atoms with Crippen LogP contribution in [0, 0.1) is 16.0 Å². The van der Waals surface area contributed by atoms with E-state index in [4.69, 9.17) is 14.2 Å². The first-order valence-corrected chi connectivity index (χ1v) is 16.8. The number of para-hydroxylation sites is 1. The summed E-state index contributed by atoms with van der Waals surface area (Å²) in [6, 6.07) is 11.0. The number of esters is 2. The van der Waals surface area contributed by atoms with Crippen LogP contribution in [0.4, 0.5) is 5.69 Å². The van der Waals surface area contributed by atoms with Crippen LogP contribution >= 0.6 is 15.9 Å². The van der Waals surface area contributed by atoms with E-state index in [-0.39, 0.29) is 25.5 Å². The molecule has 0 aliphatic carbocycles. The number of carbonyl (C=O) groups excluding carboxylic acids is 3. The number of nitrogens with zero attached hydrogens (tertiary/aromatic N) is 3. The largest absolute Gasteiger partial charge is 0.472 e. The molecule has 1 N–H and O–H groups in total. The number of carbonyl (C=O) groups is 3. The highest BCUT2D eigenvalue weighted by Gasteiger charge is 2.44. The number of benzene rings is 2. The summed E-state index contributed by atoms with van der Waals surface area (Å²) in [6.45, 7) is 2.93. The summed E-state index contributed by atoms with van der Waals surface area (Å²) in [5.74, 6) is -3.32. The average molecular weight is 734 g/mol. The van der Waals surface area contributed by atoms with Gasteiger partial charge < -0.3 is 19.1 Å². The fraction of sp³-hybridized carbons (Fsp3) is 0.355. The summed E-state index contributed by atoms with van der Waals surface area (Å²) in [5.41, 5.74) is -0.663. The number of hydrogen-bond donors (Lipinski definition) is 1. The maximum atomic E-state index is 14.0. The summed E-state index contributed by atoms with van der Waals surface area (Å²) in [6.07, 6.45) is 3.09. The highest BCUT2D eigenvalue weighted by atomic mass is 79.9. The Bertz CT molecular complexity index is 1770. The van der Waals surface area contributed by atoms with Crippen LogP contribution in [0.5, 0.6) is 5.88 Å². The molecule has 1 amide bonds. The van der Waals surface area contributed by atoms with Crippen molar-refractivity contribution in [3.8, 4) is 5.88 Å². The topological polar surface area (TPSA) is 184 Å². The van der Waals surface area contributed by atoms with E-state index in [2.05, 4.69) is 32.2 Å². The number of likely N-dealkylation sites (tertiary alicyclic amines) is 1. The van der Waals surface area contributed by atoms with E-state index >= 15 is 0 Å². The van der Waals surface area contributed by atoms with E-state index < -0.39 is 74.4 Å². The van der Waals surface area contributed by atoms with E-state index in [9.17, 15) is 32.9 Å². The predicted molar refractivity (Wildman–Crippen MR) is 173 cm³/mol. The zero-order chi connectivity index (χ0) is 34.1. The van der Waals surface area contributed by atoms with Gasteiger partial charge in [0.1, 0.15) is 12.1 Å². The number of aromatic nitrogens is 1. The second kappa shape index (κ2) is 15.9. The molecule has 47 heavy (non-hydrogen) atoms. The summed E-state index contributed by atoms with van der Waals surface area (Å²) >= 11 is 3.44. The van der Waals surface area contributed by atoms with Crippen molar-refractivity contribution < 1.29 is 41.9 Å². The number of nitro groups is 1. The van der Waals surface area contributed by atoms with Gasteiger partial charge in [-0.3, -0.25) is 19.7 Å². The number of nitrogens with one attached hydrogen (secondary N) is 1. The third kappa shape index (κ3) is 8.90. The van der Waals surface area contributed by atoms with Crippen LogP contribution in [0.2, 0.25) is 0 Å². The maximum Gasteiger partial charge on any atom is 0.328 e. The molecule has 3 atom stereocenters. The van der Waals surface area contributed by atoms with E-state index in [0.29, 0.717) is 18.2 Å². The molecule has 250 valence electrons. The third-order valence-corrected chi connectivity index (χ3v) is 9.40. The van der Waals surface area contributed by atoms with E-state index in [0.717, 1.165) is 22.0 Å². The number of allylic oxidation sites excluding steroid dienone is 1. The van der Waals surface area contributed by atoms with Crippen LogP contribution in [0.15, 0.2) is 76.8 Å². The van der Waals surface area contributed by atoms with E-state index in [1.807, 2.05) is 24.3 Å². The molecule has 4 rings (SSSR count). The molecule has 2 heterocycles. The average Bonchev–Trinajstić information content (AvgIpc) is 3.48. The smallest absolute Gasteiger partial charge is 0.328 e. The zero-order valence-corrected chi connectivity index (χ0v) is 27.8. The number of sulfonamides is 1. The molecule has 0 radical (unpaired) electrons. The molecule has 0 saturated carbocycles. The lowest BCUT2D eigenvalue weighted by atomic mass is 10.0. The Morgan fingerprint density at radius 2 is 2.00 bits per heavy atom. The Kier molecular flexibility index (Phi) is 12.0. The lowest BCUT2D eigenvalue weighted by molar-refractivity contribution is -0.387. The second-order valence-electron chi connectivity index (χ2n) is 10.6. The van der Waals surface area contributed by atoms with Crippen molar-refractivity contribution in [2.45, 2.75) is 42.7 Å². The highest BCUT2D eigenvalue weighted by Crippen LogP contribution is 2.31. The van der Waals surface area contributed by atoms with Gasteiger partial charge in [0.2, 0.25) is 21.8 Å². The minimum Gasteiger partial charge on any atom is -0.472 e. The van der Waals surface area contributed by atoms with Gasteiger partial charge in [-0.15, -0.1) is 6.58 Å². The summed E-state index contributed by atoms with van der Waals surface area (Å²) in [5, 5.41) is 13.0. The molecule has 2 aromatic carbocycles. The number of rotatable bonds is 15. The van der Waals surface area contributed by atoms with Gasteiger partial charge >= 0.3 is 11.9 Å². The SMILES string of the molecule is C=CCCCOC(=O)C[C@@H](CNS(=O)(=O)c1ccccc1[N+](=O)[O-])C(=O)N1C[C@H](Oc2nccc3ccc(Br)cc23)C[C@H]1C(=O)OC. The van der Waals surface area contributed by atoms with Gasteiger partial charge in [-0.05, 0) is 42.5 Å². The highest BCUT2D eigenvalue weighted by molar-refractivity contribution is 9.10. The third-order valence-electron chi connectivity index (χ3n) is 7.44. The number of unbranched alkanes of at least 4 members (excludes halogenated alkanes) is 1. The normalized spacial score (nSPS) is 16.8. The fourth-order valence-corrected chi connectivity index (χ4v) is 6.74. The number of ether oxygens (including phenoxy) is 3. The Hall–Kier alpha value is -4.41. The minimum absolute atomic E-state index is 0.0329. The van der Waals surface area contributed by atoms with Gasteiger partial charge in [0.25, 0.3) is 5.69 Å². The molecule has 0 unspecified atom stereocenters. The van der Waals surface area contributed by atoms with Gasteiger partial charge in [0.15, 0.2) is 4.90 Å². The molecule has 1 aliphatic heterocycles. The first-order valence-electron chi connectivity index (χ1n) is 14.5. The Labute approximate surface area is 279 Å². The van der Waals surface area contributed by atoms with Gasteiger partial charge in [-0.1, -0.05) is 40.2 Å². The Morgan fingerprint density at radius 3 is 2.72 bits per heavy atom. The minimum atomic E-state index is -4.51. The standard InChI is InChI=1S/C31H33BrN4O10S/c1-3-4-7-14-45-28(37)15-21(18-34-47(42,43)27-9-6-5-8-25(27)36(40)41)30(38)35-19-23(17-26(35)31(39)44-2)46-29-24-16-22(32)11-10-20(24)12-13-33-29/h3,5-6,8-13,16,21,23,26,34H,1,4,7,14-15,17-19H2,2H3/t21-,23+,26-/m0/s1. The molecule has 1 aromatic heterocycles. The number of fused-ring (bicyclic) bond motifs is 1. The van der Waals surface area contributed by atoms with Gasteiger partial charge in [-0.2, -0.15) is 0 Å². The van der Waals surface area contributed by atoms with Crippen molar-refractivity contribution in [1.82, 2.24) is 14.6 Å². The number of nitro benzene ring substituents is 1. The molecule has 1 aliphatic rings. The summed E-state index contributed by atoms with van der Waals surface area (Å²) < 4.78 is 45.8. The van der Waals surface area contributed by atoms with Crippen molar-refractivity contribution in [3.63, 3.8) is 0 Å². The molecule has 0 spiro atoms. The molecule has 16 heteroatoms. The maximum absolute atomic E-state index is 14.0. The first kappa shape index (κ1) is 35.4. The lowest BCUT2D eigenvalue weighted by Gasteiger charge is -2.27. The van der Waals surface area contributed by atoms with E-state index in [1.165, 1.54) is 24.1 Å². The van der Waals surface area contributed by atoms with Crippen molar-refractivity contribution in [2.24, 2.45) is 5.92 Å². The van der Waals surface area contributed by atoms with Crippen molar-refractivity contribution in [1.29, 1.82) is 0 Å². The molecule has 14 nitrogen and oxygen atoms in total. The second-order valence-corrected chi connectivity index (χ2v) is 13.3. The summed E-state index contributed by atoms with van der Waals surface area (Å²) in [4.78, 5) is 55.3. The Morgan fingerprint density at radius 1 is 1.23 bits per heavy atom. The van der Waals surface area contributed by atoms with Gasteiger partial charge in [0, 0.05) is 35.1 Å². The van der Waals surface area contributed by atoms with Crippen LogP contribution in [-0.4, -0.2) is 80.0 Å². The molecule has 1 fully saturated rings. The van der Waals surface area contributed by atoms with Crippen LogP contribution < -0.4 is 9.46 Å². The number of amides is 1.